The number of halogens is 2. The number of pyridine rings is 1. The lowest BCUT2D eigenvalue weighted by Crippen LogP contribution is -2.42. The summed E-state index contributed by atoms with van der Waals surface area (Å²) >= 11 is 0. The fourth-order valence-corrected chi connectivity index (χ4v) is 4.24. The number of Topliss-reactive ketones (excluding diaryl/α,β-unsaturated/α-hetero) is 1. The number of nitrogens with one attached hydrogen (secondary N) is 2. The summed E-state index contributed by atoms with van der Waals surface area (Å²) in [5.41, 5.74) is 6.85. The van der Waals surface area contributed by atoms with Gasteiger partial charge in [0, 0.05) is 55.2 Å². The van der Waals surface area contributed by atoms with E-state index in [1.165, 1.54) is 18.3 Å². The number of amides is 1. The molecule has 0 radical (unpaired) electrons. The van der Waals surface area contributed by atoms with Gasteiger partial charge in [-0.15, -0.1) is 0 Å². The Hall–Kier alpha value is -3.85. The van der Waals surface area contributed by atoms with E-state index in [-0.39, 0.29) is 42.6 Å². The van der Waals surface area contributed by atoms with E-state index in [0.717, 1.165) is 12.5 Å². The normalized spacial score (nSPS) is 17.5. The van der Waals surface area contributed by atoms with Crippen LogP contribution in [-0.2, 0) is 22.0 Å². The summed E-state index contributed by atoms with van der Waals surface area (Å²) in [6, 6.07) is 16.5. The number of benzene rings is 2. The Bertz CT molecular complexity index is 1240. The van der Waals surface area contributed by atoms with Crippen molar-refractivity contribution in [3.8, 4) is 0 Å². The number of aromatic nitrogens is 1. The van der Waals surface area contributed by atoms with Gasteiger partial charge in [0.15, 0.2) is 5.78 Å². The minimum Gasteiger partial charge on any atom is -0.384 e. The van der Waals surface area contributed by atoms with E-state index in [1.807, 2.05) is 0 Å². The van der Waals surface area contributed by atoms with Crippen molar-refractivity contribution in [2.75, 3.05) is 24.3 Å². The van der Waals surface area contributed by atoms with Crippen molar-refractivity contribution >= 4 is 28.9 Å². The monoisotopic (exact) mass is 494 g/mol. The lowest BCUT2D eigenvalue weighted by molar-refractivity contribution is -0.131. The van der Waals surface area contributed by atoms with Crippen LogP contribution in [0, 0.1) is 5.41 Å². The molecule has 2 heterocycles. The second-order valence-electron chi connectivity index (χ2n) is 9.09. The summed E-state index contributed by atoms with van der Waals surface area (Å²) in [6.07, 6.45) is 1.91. The molecule has 1 aliphatic rings. The van der Waals surface area contributed by atoms with E-state index in [4.69, 9.17) is 10.5 Å². The highest BCUT2D eigenvalue weighted by molar-refractivity contribution is 6.00. The Kier molecular flexibility index (Phi) is 7.30. The first-order chi connectivity index (χ1) is 17.2. The zero-order chi connectivity index (χ0) is 25.8. The van der Waals surface area contributed by atoms with E-state index in [2.05, 4.69) is 15.6 Å². The number of anilines is 3. The van der Waals surface area contributed by atoms with Crippen LogP contribution in [-0.4, -0.2) is 29.9 Å². The maximum absolute atomic E-state index is 13.9. The maximum Gasteiger partial charge on any atom is 0.272 e. The average molecular weight is 495 g/mol. The topological polar surface area (TPSA) is 106 Å². The van der Waals surface area contributed by atoms with Gasteiger partial charge in [0.1, 0.15) is 5.82 Å². The van der Waals surface area contributed by atoms with E-state index in [9.17, 15) is 18.4 Å². The molecule has 1 saturated heterocycles. The highest BCUT2D eigenvalue weighted by Crippen LogP contribution is 2.35. The zero-order valence-corrected chi connectivity index (χ0v) is 19.9. The van der Waals surface area contributed by atoms with E-state index in [0.29, 0.717) is 30.0 Å². The highest BCUT2D eigenvalue weighted by atomic mass is 19.3. The van der Waals surface area contributed by atoms with Gasteiger partial charge >= 0.3 is 0 Å². The number of nitrogens with zero attached hydrogens (tertiary/aromatic N) is 1. The smallest absolute Gasteiger partial charge is 0.272 e. The molecule has 0 aliphatic carbocycles. The molecular formula is C27H28F2N4O3. The summed E-state index contributed by atoms with van der Waals surface area (Å²) in [5.74, 6) is -3.18. The van der Waals surface area contributed by atoms with Gasteiger partial charge in [0.05, 0.1) is 12.0 Å². The third-order valence-electron chi connectivity index (χ3n) is 6.27. The molecule has 188 valence electrons. The number of rotatable bonds is 9. The van der Waals surface area contributed by atoms with Crippen LogP contribution in [0.15, 0.2) is 66.9 Å². The van der Waals surface area contributed by atoms with Crippen molar-refractivity contribution in [1.29, 1.82) is 0 Å². The number of carbonyl (C=O) groups excluding carboxylic acids is 2. The number of ether oxygens (including phenoxy) is 1. The molecule has 9 heteroatoms. The minimum atomic E-state index is -2.97. The summed E-state index contributed by atoms with van der Waals surface area (Å²) in [7, 11) is 0. The molecular weight excluding hydrogens is 466 g/mol. The second kappa shape index (κ2) is 10.4. The van der Waals surface area contributed by atoms with Gasteiger partial charge in [-0.1, -0.05) is 30.3 Å². The third kappa shape index (κ3) is 5.85. The summed E-state index contributed by atoms with van der Waals surface area (Å²) in [6.45, 7) is 1.68. The van der Waals surface area contributed by atoms with Gasteiger partial charge in [0.2, 0.25) is 5.91 Å². The van der Waals surface area contributed by atoms with Gasteiger partial charge in [-0.25, -0.2) is 13.8 Å². The van der Waals surface area contributed by atoms with Crippen molar-refractivity contribution in [3.05, 3.63) is 83.6 Å². The molecule has 1 amide bonds. The van der Waals surface area contributed by atoms with Crippen LogP contribution in [0.5, 0.6) is 0 Å². The van der Waals surface area contributed by atoms with Crippen LogP contribution in [0.2, 0.25) is 0 Å². The molecule has 7 nitrogen and oxygen atoms in total. The maximum atomic E-state index is 13.9. The predicted octanol–water partition coefficient (Wildman–Crippen LogP) is 4.82. The van der Waals surface area contributed by atoms with E-state index < -0.39 is 11.3 Å². The first-order valence-electron chi connectivity index (χ1n) is 11.6. The number of nitrogen functional groups attached to an aromatic ring is 1. The molecule has 0 saturated carbocycles. The predicted molar refractivity (Wildman–Crippen MR) is 133 cm³/mol. The SMILES string of the molecule is CC(F)(F)c1ccccc1Nc1ccc(CNC(=O)[C@]2(CC(=O)c3ccnc(N)c3)CCOC2)cc1. The molecule has 4 rings (SSSR count). The number of carbonyl (C=O) groups is 2. The molecule has 0 spiro atoms. The molecule has 3 aromatic rings. The van der Waals surface area contributed by atoms with Crippen LogP contribution < -0.4 is 16.4 Å². The lowest BCUT2D eigenvalue weighted by atomic mass is 9.80. The van der Waals surface area contributed by atoms with Gasteiger partial charge in [0.25, 0.3) is 5.92 Å². The molecule has 1 aromatic heterocycles. The van der Waals surface area contributed by atoms with Crippen molar-refractivity contribution in [1.82, 2.24) is 10.3 Å². The van der Waals surface area contributed by atoms with Crippen molar-refractivity contribution in [2.45, 2.75) is 32.2 Å². The van der Waals surface area contributed by atoms with Gasteiger partial charge in [-0.2, -0.15) is 0 Å². The molecule has 4 N–H and O–H groups in total. The first-order valence-corrected chi connectivity index (χ1v) is 11.6. The quantitative estimate of drug-likeness (QED) is 0.369. The molecule has 1 fully saturated rings. The molecule has 1 aliphatic heterocycles. The van der Waals surface area contributed by atoms with Crippen LogP contribution in [0.3, 0.4) is 0 Å². The molecule has 0 unspecified atom stereocenters. The third-order valence-corrected chi connectivity index (χ3v) is 6.27. The molecule has 1 atom stereocenters. The Labute approximate surface area is 208 Å². The number of nitrogens with two attached hydrogens (primary N) is 1. The Morgan fingerprint density at radius 3 is 2.56 bits per heavy atom. The lowest BCUT2D eigenvalue weighted by Gasteiger charge is -2.25. The van der Waals surface area contributed by atoms with Gasteiger partial charge < -0.3 is 21.1 Å². The van der Waals surface area contributed by atoms with Crippen molar-refractivity contribution in [2.24, 2.45) is 5.41 Å². The fraction of sp³-hybridized carbons (Fsp3) is 0.296. The number of hydrogen-bond acceptors (Lipinski definition) is 6. The highest BCUT2D eigenvalue weighted by Gasteiger charge is 2.44. The van der Waals surface area contributed by atoms with Gasteiger partial charge in [-0.05, 0) is 42.3 Å². The first kappa shape index (κ1) is 25.2. The van der Waals surface area contributed by atoms with E-state index in [1.54, 1.807) is 48.5 Å². The standard InChI is InChI=1S/C27H28F2N4O3/c1-26(28,29)21-4-2-3-5-22(21)33-20-8-6-18(7-9-20)16-32-25(35)27(11-13-36-17-27)15-23(34)19-10-12-31-24(30)14-19/h2-10,12,14,33H,11,13,15-17H2,1H3,(H2,30,31)(H,32,35)/t27-/m0/s1. The number of alkyl halides is 2. The van der Waals surface area contributed by atoms with Crippen LogP contribution in [0.4, 0.5) is 26.0 Å². The molecule has 0 bridgehead atoms. The van der Waals surface area contributed by atoms with Crippen molar-refractivity contribution < 1.29 is 23.1 Å². The van der Waals surface area contributed by atoms with E-state index >= 15 is 0 Å². The molecule has 36 heavy (non-hydrogen) atoms. The Morgan fingerprint density at radius 2 is 1.89 bits per heavy atom. The van der Waals surface area contributed by atoms with Crippen LogP contribution >= 0.6 is 0 Å². The fourth-order valence-electron chi connectivity index (χ4n) is 4.24. The largest absolute Gasteiger partial charge is 0.384 e. The number of para-hydroxylation sites is 1. The van der Waals surface area contributed by atoms with Crippen molar-refractivity contribution in [3.63, 3.8) is 0 Å². The second-order valence-corrected chi connectivity index (χ2v) is 9.09. The average Bonchev–Trinajstić information content (AvgIpc) is 3.33. The van der Waals surface area contributed by atoms with Crippen LogP contribution in [0.25, 0.3) is 0 Å². The van der Waals surface area contributed by atoms with Crippen LogP contribution in [0.1, 0.15) is 41.3 Å². The summed E-state index contributed by atoms with van der Waals surface area (Å²) in [4.78, 5) is 29.9. The number of hydrogen-bond donors (Lipinski definition) is 3. The zero-order valence-electron chi connectivity index (χ0n) is 19.9. The summed E-state index contributed by atoms with van der Waals surface area (Å²) in [5, 5.41) is 5.95. The minimum absolute atomic E-state index is 0.00656. The molecule has 2 aromatic carbocycles. The Balaban J connectivity index is 1.39. The van der Waals surface area contributed by atoms with Gasteiger partial charge in [-0.3, -0.25) is 9.59 Å². The Morgan fingerprint density at radius 1 is 1.14 bits per heavy atom. The number of ketones is 1. The summed E-state index contributed by atoms with van der Waals surface area (Å²) < 4.78 is 33.3.